The second-order valence-corrected chi connectivity index (χ2v) is 6.03. The van der Waals surface area contributed by atoms with Crippen LogP contribution in [0.5, 0.6) is 5.75 Å². The van der Waals surface area contributed by atoms with Gasteiger partial charge in [-0.3, -0.25) is 4.98 Å². The van der Waals surface area contributed by atoms with Gasteiger partial charge in [0.2, 0.25) is 5.88 Å². The maximum atomic E-state index is 9.87. The lowest BCUT2D eigenvalue weighted by Gasteiger charge is -2.27. The Hall–Kier alpha value is -3.65. The average Bonchev–Trinajstić information content (AvgIpc) is 2.73. The highest BCUT2D eigenvalue weighted by molar-refractivity contribution is 5.87. The lowest BCUT2D eigenvalue weighted by Crippen LogP contribution is -2.16. The minimum Gasteiger partial charge on any atom is -0.483 e. The first-order valence-corrected chi connectivity index (χ1v) is 8.72. The van der Waals surface area contributed by atoms with Crippen molar-refractivity contribution in [3.05, 3.63) is 83.4 Å². The molecule has 0 aliphatic carbocycles. The molecular formula is C22H17N3O2. The van der Waals surface area contributed by atoms with E-state index < -0.39 is 0 Å². The van der Waals surface area contributed by atoms with Gasteiger partial charge in [0, 0.05) is 17.1 Å². The zero-order chi connectivity index (χ0) is 18.6. The molecule has 5 heteroatoms. The molecule has 0 amide bonds. The van der Waals surface area contributed by atoms with Crippen molar-refractivity contribution in [3.8, 4) is 11.8 Å². The molecule has 2 heterocycles. The molecule has 0 fully saturated rings. The Labute approximate surface area is 157 Å². The SMILES string of the molecule is CCO/C=N\C1=C(C#N)C(c2ccccc2)c2ccc3cccnc3c2O1. The van der Waals surface area contributed by atoms with Crippen LogP contribution >= 0.6 is 0 Å². The summed E-state index contributed by atoms with van der Waals surface area (Å²) in [4.78, 5) is 8.76. The molecule has 1 unspecified atom stereocenters. The molecule has 5 nitrogen and oxygen atoms in total. The number of rotatable bonds is 4. The van der Waals surface area contributed by atoms with Crippen molar-refractivity contribution in [1.82, 2.24) is 4.98 Å². The van der Waals surface area contributed by atoms with Crippen molar-refractivity contribution in [2.45, 2.75) is 12.8 Å². The number of fused-ring (bicyclic) bond motifs is 3. The van der Waals surface area contributed by atoms with Gasteiger partial charge in [-0.05, 0) is 18.6 Å². The van der Waals surface area contributed by atoms with Gasteiger partial charge in [-0.1, -0.05) is 48.5 Å². The van der Waals surface area contributed by atoms with Crippen LogP contribution in [0, 0.1) is 11.3 Å². The topological polar surface area (TPSA) is 67.5 Å². The first kappa shape index (κ1) is 16.8. The number of allylic oxidation sites excluding steroid dienone is 1. The number of hydrogen-bond donors (Lipinski definition) is 0. The molecule has 0 saturated heterocycles. The molecule has 0 saturated carbocycles. The fraction of sp³-hybridized carbons (Fsp3) is 0.136. The van der Waals surface area contributed by atoms with Gasteiger partial charge in [0.05, 0.1) is 12.5 Å². The van der Waals surface area contributed by atoms with Crippen molar-refractivity contribution in [2.75, 3.05) is 6.61 Å². The van der Waals surface area contributed by atoms with Crippen LogP contribution in [0.3, 0.4) is 0 Å². The van der Waals surface area contributed by atoms with E-state index in [4.69, 9.17) is 9.47 Å². The average molecular weight is 355 g/mol. The Morgan fingerprint density at radius 3 is 2.81 bits per heavy atom. The van der Waals surface area contributed by atoms with Crippen molar-refractivity contribution in [2.24, 2.45) is 4.99 Å². The van der Waals surface area contributed by atoms with Crippen LogP contribution in [-0.2, 0) is 4.74 Å². The maximum Gasteiger partial charge on any atom is 0.236 e. The highest BCUT2D eigenvalue weighted by atomic mass is 16.5. The molecule has 2 aromatic carbocycles. The second kappa shape index (κ2) is 7.30. The van der Waals surface area contributed by atoms with E-state index in [2.05, 4.69) is 16.0 Å². The third-order valence-corrected chi connectivity index (χ3v) is 4.45. The van der Waals surface area contributed by atoms with Crippen LogP contribution in [0.1, 0.15) is 24.0 Å². The summed E-state index contributed by atoms with van der Waals surface area (Å²) in [5, 5.41) is 10.8. The third kappa shape index (κ3) is 3.02. The number of aromatic nitrogens is 1. The largest absolute Gasteiger partial charge is 0.483 e. The van der Waals surface area contributed by atoms with Crippen molar-refractivity contribution < 1.29 is 9.47 Å². The third-order valence-electron chi connectivity index (χ3n) is 4.45. The van der Waals surface area contributed by atoms with E-state index in [1.165, 1.54) is 6.40 Å². The molecule has 27 heavy (non-hydrogen) atoms. The first-order chi connectivity index (χ1) is 13.3. The minimum atomic E-state index is -0.278. The van der Waals surface area contributed by atoms with Crippen molar-refractivity contribution >= 4 is 17.3 Å². The van der Waals surface area contributed by atoms with Crippen LogP contribution in [0.4, 0.5) is 0 Å². The molecule has 3 aromatic rings. The summed E-state index contributed by atoms with van der Waals surface area (Å²) in [5.74, 6) is 0.593. The summed E-state index contributed by atoms with van der Waals surface area (Å²) in [6.45, 7) is 2.36. The van der Waals surface area contributed by atoms with Crippen molar-refractivity contribution in [1.29, 1.82) is 5.26 Å². The predicted octanol–water partition coefficient (Wildman–Crippen LogP) is 4.56. The fourth-order valence-corrected chi connectivity index (χ4v) is 3.26. The first-order valence-electron chi connectivity index (χ1n) is 8.72. The van der Waals surface area contributed by atoms with Crippen LogP contribution in [-0.4, -0.2) is 18.0 Å². The highest BCUT2D eigenvalue weighted by Crippen LogP contribution is 2.45. The number of nitriles is 1. The number of aliphatic imine (C=N–C) groups is 1. The Balaban J connectivity index is 1.96. The summed E-state index contributed by atoms with van der Waals surface area (Å²) in [6.07, 6.45) is 3.05. The summed E-state index contributed by atoms with van der Waals surface area (Å²) >= 11 is 0. The molecule has 0 N–H and O–H groups in total. The van der Waals surface area contributed by atoms with Gasteiger partial charge in [0.1, 0.15) is 17.2 Å². The van der Waals surface area contributed by atoms with Gasteiger partial charge in [0.25, 0.3) is 0 Å². The Kier molecular flexibility index (Phi) is 4.54. The number of pyridine rings is 1. The zero-order valence-corrected chi connectivity index (χ0v) is 14.8. The Morgan fingerprint density at radius 2 is 2.04 bits per heavy atom. The van der Waals surface area contributed by atoms with Gasteiger partial charge in [-0.15, -0.1) is 0 Å². The van der Waals surface area contributed by atoms with E-state index in [1.54, 1.807) is 6.20 Å². The number of hydrogen-bond acceptors (Lipinski definition) is 5. The molecule has 0 radical (unpaired) electrons. The van der Waals surface area contributed by atoms with E-state index >= 15 is 0 Å². The lowest BCUT2D eigenvalue weighted by atomic mass is 9.83. The monoisotopic (exact) mass is 355 g/mol. The van der Waals surface area contributed by atoms with E-state index in [1.807, 2.05) is 61.5 Å². The molecule has 0 spiro atoms. The summed E-state index contributed by atoms with van der Waals surface area (Å²) in [5.41, 5.74) is 3.09. The highest BCUT2D eigenvalue weighted by Gasteiger charge is 2.32. The molecule has 1 aliphatic heterocycles. The summed E-state index contributed by atoms with van der Waals surface area (Å²) in [7, 11) is 0. The van der Waals surface area contributed by atoms with Crippen LogP contribution in [0.2, 0.25) is 0 Å². The molecule has 1 aromatic heterocycles. The fourth-order valence-electron chi connectivity index (χ4n) is 3.26. The van der Waals surface area contributed by atoms with Gasteiger partial charge >= 0.3 is 0 Å². The van der Waals surface area contributed by atoms with Crippen LogP contribution in [0.15, 0.2) is 77.2 Å². The van der Waals surface area contributed by atoms with Crippen LogP contribution in [0.25, 0.3) is 10.9 Å². The van der Waals surface area contributed by atoms with E-state index in [-0.39, 0.29) is 11.8 Å². The Bertz CT molecular complexity index is 1080. The van der Waals surface area contributed by atoms with Crippen LogP contribution < -0.4 is 4.74 Å². The molecule has 1 aliphatic rings. The number of benzene rings is 2. The second-order valence-electron chi connectivity index (χ2n) is 6.03. The van der Waals surface area contributed by atoms with Gasteiger partial charge in [-0.25, -0.2) is 0 Å². The van der Waals surface area contributed by atoms with Gasteiger partial charge < -0.3 is 9.47 Å². The molecule has 132 valence electrons. The van der Waals surface area contributed by atoms with E-state index in [0.717, 1.165) is 22.0 Å². The van der Waals surface area contributed by atoms with E-state index in [9.17, 15) is 5.26 Å². The normalized spacial score (nSPS) is 16.1. The zero-order valence-electron chi connectivity index (χ0n) is 14.8. The molecular weight excluding hydrogens is 338 g/mol. The maximum absolute atomic E-state index is 9.87. The standard InChI is InChI=1S/C22H17N3O2/c1-2-26-14-25-22-18(13-23)19(15-7-4-3-5-8-15)17-11-10-16-9-6-12-24-20(16)21(17)27-22/h3-12,14,19H,2H2,1H3/b25-14-. The van der Waals surface area contributed by atoms with Crippen molar-refractivity contribution in [3.63, 3.8) is 0 Å². The Morgan fingerprint density at radius 1 is 1.19 bits per heavy atom. The quantitative estimate of drug-likeness (QED) is 0.508. The number of ether oxygens (including phenoxy) is 2. The number of nitrogens with zero attached hydrogens (tertiary/aromatic N) is 3. The van der Waals surface area contributed by atoms with E-state index in [0.29, 0.717) is 17.9 Å². The minimum absolute atomic E-state index is 0.241. The summed E-state index contributed by atoms with van der Waals surface area (Å²) in [6, 6.07) is 20.0. The lowest BCUT2D eigenvalue weighted by molar-refractivity contribution is 0.336. The van der Waals surface area contributed by atoms with Gasteiger partial charge in [0.15, 0.2) is 12.2 Å². The molecule has 4 rings (SSSR count). The summed E-state index contributed by atoms with van der Waals surface area (Å²) < 4.78 is 11.3. The predicted molar refractivity (Wildman–Crippen MR) is 103 cm³/mol. The molecule has 1 atom stereocenters. The molecule has 0 bridgehead atoms. The smallest absolute Gasteiger partial charge is 0.236 e. The van der Waals surface area contributed by atoms with Gasteiger partial charge in [-0.2, -0.15) is 10.3 Å².